The zero-order valence-corrected chi connectivity index (χ0v) is 8.16. The van der Waals surface area contributed by atoms with Crippen LogP contribution in [-0.4, -0.2) is 24.3 Å². The molecule has 0 aromatic carbocycles. The molecule has 1 rings (SSSR count). The number of aliphatic hydroxyl groups is 1. The normalized spacial score (nSPS) is 29.4. The van der Waals surface area contributed by atoms with Crippen molar-refractivity contribution < 1.29 is 14.6 Å². The van der Waals surface area contributed by atoms with Crippen LogP contribution in [-0.2, 0) is 9.53 Å². The second-order valence-electron chi connectivity index (χ2n) is 3.75. The van der Waals surface area contributed by atoms with Gasteiger partial charge in [-0.2, -0.15) is 0 Å². The van der Waals surface area contributed by atoms with E-state index >= 15 is 0 Å². The number of hydrogen-bond acceptors (Lipinski definition) is 3. The molecule has 13 heavy (non-hydrogen) atoms. The Morgan fingerprint density at radius 1 is 1.38 bits per heavy atom. The Morgan fingerprint density at radius 2 is 2.08 bits per heavy atom. The fourth-order valence-corrected chi connectivity index (χ4v) is 1.90. The summed E-state index contributed by atoms with van der Waals surface area (Å²) >= 11 is 0. The highest BCUT2D eigenvalue weighted by molar-refractivity contribution is 5.69. The molecule has 0 aromatic heterocycles. The first-order chi connectivity index (χ1) is 6.24. The average Bonchev–Trinajstić information content (AvgIpc) is 2.32. The minimum atomic E-state index is -0.304. The summed E-state index contributed by atoms with van der Waals surface area (Å²) in [7, 11) is 1.39. The third kappa shape index (κ3) is 3.35. The number of rotatable bonds is 2. The average molecular weight is 186 g/mol. The summed E-state index contributed by atoms with van der Waals surface area (Å²) in [5.41, 5.74) is 0. The quantitative estimate of drug-likeness (QED) is 0.525. The molecule has 0 heterocycles. The third-order valence-electron chi connectivity index (χ3n) is 2.78. The summed E-state index contributed by atoms with van der Waals surface area (Å²) in [5.74, 6) is -0.0825. The summed E-state index contributed by atoms with van der Waals surface area (Å²) in [6, 6.07) is 0. The topological polar surface area (TPSA) is 46.5 Å². The maximum Gasteiger partial charge on any atom is 0.305 e. The van der Waals surface area contributed by atoms with Crippen LogP contribution >= 0.6 is 0 Å². The van der Waals surface area contributed by atoms with Crippen molar-refractivity contribution in [3.05, 3.63) is 0 Å². The molecule has 1 fully saturated rings. The molecule has 3 nitrogen and oxygen atoms in total. The van der Waals surface area contributed by atoms with E-state index in [9.17, 15) is 9.90 Å². The van der Waals surface area contributed by atoms with Crippen LogP contribution in [0, 0.1) is 5.92 Å². The highest BCUT2D eigenvalue weighted by atomic mass is 16.5. The highest BCUT2D eigenvalue weighted by Gasteiger charge is 2.24. The lowest BCUT2D eigenvalue weighted by Gasteiger charge is -2.18. The SMILES string of the molecule is COC(=O)C[C@H]1CCCCC[C@H]1O. The maximum absolute atomic E-state index is 11.0. The summed E-state index contributed by atoms with van der Waals surface area (Å²) in [4.78, 5) is 11.0. The van der Waals surface area contributed by atoms with E-state index < -0.39 is 0 Å². The third-order valence-corrected chi connectivity index (χ3v) is 2.78. The summed E-state index contributed by atoms with van der Waals surface area (Å²) in [5, 5.41) is 9.69. The van der Waals surface area contributed by atoms with Crippen molar-refractivity contribution in [1.82, 2.24) is 0 Å². The monoisotopic (exact) mass is 186 g/mol. The van der Waals surface area contributed by atoms with Gasteiger partial charge in [-0.05, 0) is 18.8 Å². The Hall–Kier alpha value is -0.570. The van der Waals surface area contributed by atoms with Crippen LogP contribution < -0.4 is 0 Å². The fraction of sp³-hybridized carbons (Fsp3) is 0.900. The Bertz CT molecular complexity index is 168. The number of aliphatic hydroxyl groups excluding tert-OH is 1. The highest BCUT2D eigenvalue weighted by Crippen LogP contribution is 2.26. The van der Waals surface area contributed by atoms with E-state index in [1.807, 2.05) is 0 Å². The van der Waals surface area contributed by atoms with Crippen LogP contribution in [0.2, 0.25) is 0 Å². The second-order valence-corrected chi connectivity index (χ2v) is 3.75. The molecule has 76 valence electrons. The van der Waals surface area contributed by atoms with E-state index in [2.05, 4.69) is 4.74 Å². The first-order valence-electron chi connectivity index (χ1n) is 4.99. The maximum atomic E-state index is 11.0. The van der Waals surface area contributed by atoms with Gasteiger partial charge < -0.3 is 9.84 Å². The Labute approximate surface area is 79.1 Å². The number of methoxy groups -OCH3 is 1. The predicted octanol–water partition coefficient (Wildman–Crippen LogP) is 1.49. The smallest absolute Gasteiger partial charge is 0.305 e. The molecule has 0 amide bonds. The minimum absolute atomic E-state index is 0.120. The van der Waals surface area contributed by atoms with Gasteiger partial charge in [-0.25, -0.2) is 0 Å². The van der Waals surface area contributed by atoms with Gasteiger partial charge in [-0.1, -0.05) is 19.3 Å². The van der Waals surface area contributed by atoms with Crippen molar-refractivity contribution in [3.63, 3.8) is 0 Å². The molecule has 1 N–H and O–H groups in total. The van der Waals surface area contributed by atoms with Crippen LogP contribution in [0.3, 0.4) is 0 Å². The number of ether oxygens (including phenoxy) is 1. The van der Waals surface area contributed by atoms with Crippen LogP contribution in [0.1, 0.15) is 38.5 Å². The van der Waals surface area contributed by atoms with Gasteiger partial charge in [-0.3, -0.25) is 4.79 Å². The van der Waals surface area contributed by atoms with Crippen LogP contribution in [0.4, 0.5) is 0 Å². The van der Waals surface area contributed by atoms with Crippen LogP contribution in [0.5, 0.6) is 0 Å². The van der Waals surface area contributed by atoms with E-state index in [4.69, 9.17) is 0 Å². The van der Waals surface area contributed by atoms with Gasteiger partial charge in [0.2, 0.25) is 0 Å². The molecule has 0 radical (unpaired) electrons. The molecular weight excluding hydrogens is 168 g/mol. The van der Waals surface area contributed by atoms with Gasteiger partial charge in [0.25, 0.3) is 0 Å². The predicted molar refractivity (Wildman–Crippen MR) is 49.2 cm³/mol. The van der Waals surface area contributed by atoms with Gasteiger partial charge in [0.05, 0.1) is 19.6 Å². The van der Waals surface area contributed by atoms with Crippen molar-refractivity contribution in [1.29, 1.82) is 0 Å². The van der Waals surface area contributed by atoms with Crippen LogP contribution in [0.15, 0.2) is 0 Å². The Balaban J connectivity index is 2.40. The molecule has 0 bridgehead atoms. The molecule has 0 unspecified atom stereocenters. The molecule has 0 aliphatic heterocycles. The fourth-order valence-electron chi connectivity index (χ4n) is 1.90. The Morgan fingerprint density at radius 3 is 2.77 bits per heavy atom. The molecule has 1 aliphatic rings. The number of hydrogen-bond donors (Lipinski definition) is 1. The van der Waals surface area contributed by atoms with Gasteiger partial charge >= 0.3 is 5.97 Å². The van der Waals surface area contributed by atoms with Crippen molar-refractivity contribution in [2.75, 3.05) is 7.11 Å². The van der Waals surface area contributed by atoms with Crippen molar-refractivity contribution >= 4 is 5.97 Å². The van der Waals surface area contributed by atoms with E-state index in [-0.39, 0.29) is 18.0 Å². The second kappa shape index (κ2) is 5.22. The van der Waals surface area contributed by atoms with E-state index in [1.165, 1.54) is 13.5 Å². The lowest BCUT2D eigenvalue weighted by atomic mass is 9.94. The summed E-state index contributed by atoms with van der Waals surface area (Å²) in [6.45, 7) is 0. The largest absolute Gasteiger partial charge is 0.469 e. The van der Waals surface area contributed by atoms with Gasteiger partial charge in [0.15, 0.2) is 0 Å². The van der Waals surface area contributed by atoms with Crippen LogP contribution in [0.25, 0.3) is 0 Å². The van der Waals surface area contributed by atoms with E-state index in [1.54, 1.807) is 0 Å². The molecular formula is C10H18O3. The minimum Gasteiger partial charge on any atom is -0.469 e. The van der Waals surface area contributed by atoms with Crippen molar-refractivity contribution in [2.45, 2.75) is 44.6 Å². The molecule has 0 aromatic rings. The first-order valence-corrected chi connectivity index (χ1v) is 4.99. The molecule has 3 heteroatoms. The van der Waals surface area contributed by atoms with E-state index in [0.717, 1.165) is 25.7 Å². The molecule has 1 aliphatic carbocycles. The lowest BCUT2D eigenvalue weighted by molar-refractivity contribution is -0.142. The van der Waals surface area contributed by atoms with Gasteiger partial charge in [-0.15, -0.1) is 0 Å². The number of carbonyl (C=O) groups excluding carboxylic acids is 1. The zero-order valence-electron chi connectivity index (χ0n) is 8.16. The zero-order chi connectivity index (χ0) is 9.68. The van der Waals surface area contributed by atoms with Crippen molar-refractivity contribution in [2.24, 2.45) is 5.92 Å². The molecule has 2 atom stereocenters. The molecule has 0 saturated heterocycles. The Kier molecular flexibility index (Phi) is 4.22. The molecule has 1 saturated carbocycles. The summed E-state index contributed by atoms with van der Waals surface area (Å²) in [6.07, 6.45) is 5.24. The number of esters is 1. The lowest BCUT2D eigenvalue weighted by Crippen LogP contribution is -2.22. The molecule has 0 spiro atoms. The standard InChI is InChI=1S/C10H18O3/c1-13-10(12)7-8-5-3-2-4-6-9(8)11/h8-9,11H,2-7H2,1H3/t8-,9-/m1/s1. The van der Waals surface area contributed by atoms with Gasteiger partial charge in [0, 0.05) is 0 Å². The summed E-state index contributed by atoms with van der Waals surface area (Å²) < 4.78 is 4.59. The van der Waals surface area contributed by atoms with E-state index in [0.29, 0.717) is 6.42 Å². The van der Waals surface area contributed by atoms with Crippen molar-refractivity contribution in [3.8, 4) is 0 Å². The van der Waals surface area contributed by atoms with Gasteiger partial charge in [0.1, 0.15) is 0 Å². The first kappa shape index (κ1) is 10.5. The number of carbonyl (C=O) groups is 1.